The fourth-order valence-corrected chi connectivity index (χ4v) is 5.95. The number of carbonyl (C=O) groups excluding carboxylic acids is 1. The summed E-state index contributed by atoms with van der Waals surface area (Å²) in [5.41, 5.74) is 7.21. The molecule has 6 rings (SSSR count). The van der Waals surface area contributed by atoms with E-state index in [0.717, 1.165) is 75.0 Å². The van der Waals surface area contributed by atoms with Gasteiger partial charge in [0, 0.05) is 109 Å². The highest BCUT2D eigenvalue weighted by molar-refractivity contribution is 14.1. The van der Waals surface area contributed by atoms with E-state index in [2.05, 4.69) is 118 Å². The van der Waals surface area contributed by atoms with E-state index in [1.807, 2.05) is 30.3 Å². The Kier molecular flexibility index (Phi) is 9.77. The predicted octanol–water partition coefficient (Wildman–Crippen LogP) is 5.98. The highest BCUT2D eigenvalue weighted by Gasteiger charge is 2.17. The van der Waals surface area contributed by atoms with Gasteiger partial charge in [-0.3, -0.25) is 4.79 Å². The van der Waals surface area contributed by atoms with Crippen LogP contribution in [-0.4, -0.2) is 83.3 Å². The molecule has 3 aromatic carbocycles. The summed E-state index contributed by atoms with van der Waals surface area (Å²) in [6.07, 6.45) is 3.06. The zero-order valence-corrected chi connectivity index (χ0v) is 27.6. The van der Waals surface area contributed by atoms with Crippen LogP contribution < -0.4 is 25.8 Å². The van der Waals surface area contributed by atoms with Crippen LogP contribution in [0.1, 0.15) is 0 Å². The summed E-state index contributed by atoms with van der Waals surface area (Å²) in [7, 11) is 2.17. The van der Waals surface area contributed by atoms with Gasteiger partial charge in [0.1, 0.15) is 0 Å². The lowest BCUT2D eigenvalue weighted by molar-refractivity contribution is -0.111. The van der Waals surface area contributed by atoms with Gasteiger partial charge in [-0.1, -0.05) is 24.8 Å². The fourth-order valence-electron chi connectivity index (χ4n) is 5.52. The van der Waals surface area contributed by atoms with Crippen molar-refractivity contribution in [1.82, 2.24) is 18.0 Å². The molecule has 10 nitrogen and oxygen atoms in total. The SMILES string of the molecule is C=CC(=O)Nc1cccc(-c2nc(Nc3cccc(N4CCN(I)CC4)c3)ncc2Nc2ccc(N3CCN(C)CC3)cc2)c1. The average molecular weight is 716 g/mol. The molecule has 45 heavy (non-hydrogen) atoms. The van der Waals surface area contributed by atoms with Gasteiger partial charge >= 0.3 is 0 Å². The number of hydrogen-bond donors (Lipinski definition) is 3. The largest absolute Gasteiger partial charge is 0.369 e. The van der Waals surface area contributed by atoms with Crippen molar-refractivity contribution in [3.8, 4) is 11.3 Å². The number of hydrogen-bond acceptors (Lipinski definition) is 9. The second-order valence-corrected chi connectivity index (χ2v) is 12.6. The van der Waals surface area contributed by atoms with Gasteiger partial charge in [-0.15, -0.1) is 0 Å². The fraction of sp³-hybridized carbons (Fsp3) is 0.265. The molecule has 1 amide bonds. The molecule has 0 atom stereocenters. The smallest absolute Gasteiger partial charge is 0.247 e. The monoisotopic (exact) mass is 715 g/mol. The summed E-state index contributed by atoms with van der Waals surface area (Å²) in [5, 5.41) is 9.80. The molecule has 0 radical (unpaired) electrons. The van der Waals surface area contributed by atoms with Crippen LogP contribution in [0.15, 0.2) is 91.6 Å². The van der Waals surface area contributed by atoms with Crippen molar-refractivity contribution in [1.29, 1.82) is 0 Å². The van der Waals surface area contributed by atoms with Crippen molar-refractivity contribution in [2.75, 3.05) is 85.2 Å². The van der Waals surface area contributed by atoms with Gasteiger partial charge in [-0.2, -0.15) is 0 Å². The van der Waals surface area contributed by atoms with Crippen LogP contribution in [-0.2, 0) is 4.79 Å². The second kappa shape index (κ2) is 14.3. The summed E-state index contributed by atoms with van der Waals surface area (Å²) in [5.74, 6) is 0.214. The lowest BCUT2D eigenvalue weighted by Gasteiger charge is -2.34. The van der Waals surface area contributed by atoms with Gasteiger partial charge in [0.15, 0.2) is 0 Å². The number of halogens is 1. The average Bonchev–Trinajstić information content (AvgIpc) is 3.07. The zero-order chi connectivity index (χ0) is 31.2. The van der Waals surface area contributed by atoms with Crippen molar-refractivity contribution in [2.24, 2.45) is 0 Å². The molecule has 2 aliphatic heterocycles. The standard InChI is InChI=1S/C34H38IN9O/c1-3-32(45)38-27-7-4-6-25(22-27)33-31(37-26-10-12-29(13-11-26)42-16-14-41(2)15-17-42)24-36-34(40-33)39-28-8-5-9-30(23-28)43-18-20-44(35)21-19-43/h3-13,22-24,37H,1,14-21H2,2H3,(H,38,45)(H,36,39,40). The van der Waals surface area contributed by atoms with E-state index in [0.29, 0.717) is 17.3 Å². The molecule has 0 aliphatic carbocycles. The molecule has 3 heterocycles. The van der Waals surface area contributed by atoms with Crippen LogP contribution in [0.4, 0.5) is 40.1 Å². The molecular weight excluding hydrogens is 677 g/mol. The van der Waals surface area contributed by atoms with Crippen LogP contribution in [0.2, 0.25) is 0 Å². The van der Waals surface area contributed by atoms with Crippen molar-refractivity contribution in [3.63, 3.8) is 0 Å². The normalized spacial score (nSPS) is 15.9. The Morgan fingerprint density at radius 3 is 2.24 bits per heavy atom. The third kappa shape index (κ3) is 7.91. The van der Waals surface area contributed by atoms with Crippen LogP contribution in [0.3, 0.4) is 0 Å². The summed E-state index contributed by atoms with van der Waals surface area (Å²) in [4.78, 5) is 28.9. The molecule has 0 bridgehead atoms. The van der Waals surface area contributed by atoms with Crippen LogP contribution in [0, 0.1) is 0 Å². The molecule has 232 valence electrons. The third-order valence-electron chi connectivity index (χ3n) is 8.08. The number of likely N-dealkylation sites (N-methyl/N-ethyl adjacent to an activating group) is 1. The number of aromatic nitrogens is 2. The molecule has 11 heteroatoms. The Bertz CT molecular complexity index is 1630. The van der Waals surface area contributed by atoms with Gasteiger partial charge in [-0.25, -0.2) is 13.1 Å². The minimum atomic E-state index is -0.268. The maximum atomic E-state index is 12.0. The van der Waals surface area contributed by atoms with Crippen LogP contribution in [0.5, 0.6) is 0 Å². The molecule has 0 spiro atoms. The number of piperazine rings is 2. The number of nitrogens with zero attached hydrogens (tertiary/aromatic N) is 6. The number of carbonyl (C=O) groups is 1. The number of amides is 1. The van der Waals surface area contributed by atoms with Gasteiger partial charge in [-0.05, 0) is 67.7 Å². The van der Waals surface area contributed by atoms with E-state index in [4.69, 9.17) is 4.98 Å². The van der Waals surface area contributed by atoms with E-state index >= 15 is 0 Å². The molecule has 1 aromatic heterocycles. The first kappa shape index (κ1) is 30.8. The van der Waals surface area contributed by atoms with Crippen molar-refractivity contribution < 1.29 is 4.79 Å². The molecule has 4 aromatic rings. The van der Waals surface area contributed by atoms with Gasteiger partial charge in [0.2, 0.25) is 11.9 Å². The maximum Gasteiger partial charge on any atom is 0.247 e. The van der Waals surface area contributed by atoms with Crippen molar-refractivity contribution in [3.05, 3.63) is 91.6 Å². The van der Waals surface area contributed by atoms with E-state index in [9.17, 15) is 4.79 Å². The number of nitrogens with one attached hydrogen (secondary N) is 3. The van der Waals surface area contributed by atoms with Crippen molar-refractivity contribution >= 4 is 68.8 Å². The highest BCUT2D eigenvalue weighted by Crippen LogP contribution is 2.32. The van der Waals surface area contributed by atoms with Gasteiger partial charge in [0.25, 0.3) is 0 Å². The van der Waals surface area contributed by atoms with E-state index in [1.165, 1.54) is 17.5 Å². The Hall–Kier alpha value is -4.20. The molecule has 0 saturated carbocycles. The van der Waals surface area contributed by atoms with E-state index in [-0.39, 0.29) is 5.91 Å². The summed E-state index contributed by atoms with van der Waals surface area (Å²) in [6.45, 7) is 11.8. The first-order valence-electron chi connectivity index (χ1n) is 15.2. The molecule has 3 N–H and O–H groups in total. The maximum absolute atomic E-state index is 12.0. The lowest BCUT2D eigenvalue weighted by Crippen LogP contribution is -2.44. The minimum Gasteiger partial charge on any atom is -0.369 e. The molecule has 0 unspecified atom stereocenters. The first-order chi connectivity index (χ1) is 21.9. The predicted molar refractivity (Wildman–Crippen MR) is 193 cm³/mol. The lowest BCUT2D eigenvalue weighted by atomic mass is 10.1. The van der Waals surface area contributed by atoms with Crippen LogP contribution >= 0.6 is 22.9 Å². The first-order valence-corrected chi connectivity index (χ1v) is 16.1. The van der Waals surface area contributed by atoms with Crippen LogP contribution in [0.25, 0.3) is 11.3 Å². The minimum absolute atomic E-state index is 0.268. The second-order valence-electron chi connectivity index (χ2n) is 11.3. The van der Waals surface area contributed by atoms with Gasteiger partial charge < -0.3 is 30.7 Å². The molecule has 2 fully saturated rings. The van der Waals surface area contributed by atoms with Gasteiger partial charge in [0.05, 0.1) is 17.6 Å². The Labute approximate surface area is 278 Å². The number of rotatable bonds is 9. The summed E-state index contributed by atoms with van der Waals surface area (Å²) >= 11 is 2.39. The summed E-state index contributed by atoms with van der Waals surface area (Å²) < 4.78 is 2.32. The van der Waals surface area contributed by atoms with Crippen molar-refractivity contribution in [2.45, 2.75) is 0 Å². The van der Waals surface area contributed by atoms with E-state index < -0.39 is 0 Å². The highest BCUT2D eigenvalue weighted by atomic mass is 127. The molecular formula is C34H38IN9O. The Morgan fingerprint density at radius 2 is 1.49 bits per heavy atom. The Balaban J connectivity index is 1.27. The topological polar surface area (TPSA) is 91.9 Å². The Morgan fingerprint density at radius 1 is 0.800 bits per heavy atom. The number of anilines is 7. The zero-order valence-electron chi connectivity index (χ0n) is 25.4. The number of benzene rings is 3. The summed E-state index contributed by atoms with van der Waals surface area (Å²) in [6, 6.07) is 24.5. The quantitative estimate of drug-likeness (QED) is 0.110. The third-order valence-corrected chi connectivity index (χ3v) is 9.05. The van der Waals surface area contributed by atoms with E-state index in [1.54, 1.807) is 6.20 Å². The molecule has 2 saturated heterocycles. The molecule has 2 aliphatic rings.